The van der Waals surface area contributed by atoms with Crippen molar-refractivity contribution >= 4 is 29.1 Å². The molecule has 3 saturated heterocycles. The van der Waals surface area contributed by atoms with Gasteiger partial charge in [0.1, 0.15) is 5.82 Å². The van der Waals surface area contributed by atoms with Crippen molar-refractivity contribution < 1.29 is 13.9 Å². The predicted molar refractivity (Wildman–Crippen MR) is 147 cm³/mol. The summed E-state index contributed by atoms with van der Waals surface area (Å²) in [5.41, 5.74) is 3.86. The summed E-state index contributed by atoms with van der Waals surface area (Å²) in [5, 5.41) is 14.5. The number of carbonyl (C=O) groups excluding carboxylic acids is 1. The molecule has 1 amide bonds. The molecule has 0 saturated carbocycles. The van der Waals surface area contributed by atoms with Crippen LogP contribution in [-0.4, -0.2) is 58.3 Å². The van der Waals surface area contributed by atoms with E-state index in [1.54, 1.807) is 6.20 Å². The monoisotopic (exact) mass is 521 g/mol. The molecule has 6 heterocycles. The number of aromatic nitrogens is 3. The second kappa shape index (κ2) is 9.95. The molecule has 196 valence electrons. The minimum Gasteiger partial charge on any atom is -0.403 e. The number of aliphatic imine (C=N–C) groups is 1. The molecule has 0 radical (unpaired) electrons. The molecule has 39 heavy (non-hydrogen) atoms. The van der Waals surface area contributed by atoms with Crippen molar-refractivity contribution in [2.45, 2.75) is 37.6 Å². The fourth-order valence-corrected chi connectivity index (χ4v) is 5.49. The van der Waals surface area contributed by atoms with E-state index in [0.717, 1.165) is 48.3 Å². The Kier molecular flexibility index (Phi) is 6.01. The van der Waals surface area contributed by atoms with Gasteiger partial charge in [0.05, 0.1) is 35.7 Å². The maximum absolute atomic E-state index is 13.2. The van der Waals surface area contributed by atoms with Gasteiger partial charge in [0.25, 0.3) is 11.8 Å². The smallest absolute Gasteiger partial charge is 0.317 e. The number of para-hydroxylation sites is 1. The van der Waals surface area contributed by atoms with Crippen molar-refractivity contribution in [2.24, 2.45) is 4.99 Å². The summed E-state index contributed by atoms with van der Waals surface area (Å²) >= 11 is 0. The van der Waals surface area contributed by atoms with Crippen molar-refractivity contribution in [3.05, 3.63) is 84.1 Å². The number of rotatable bonds is 5. The standard InChI is InChI=1S/C29H27N7O3/c37-27-25(32-24(18-8-2-1-3-9-18)21-12-4-5-14-23(21)31-27)33-29-35-34-28(39-29)22-13-7-15-30-26(22)36-16-20-11-6-10-19(36)17-38-20/h1-5,7-9,12-15,19-20,25H,6,10-11,16-17H2,(H,31,37)(H,33,35). The van der Waals surface area contributed by atoms with E-state index >= 15 is 0 Å². The second-order valence-corrected chi connectivity index (χ2v) is 9.90. The molecule has 2 bridgehead atoms. The third-order valence-electron chi connectivity index (χ3n) is 7.40. The van der Waals surface area contributed by atoms with E-state index in [4.69, 9.17) is 19.1 Å². The van der Waals surface area contributed by atoms with Crippen LogP contribution in [0.2, 0.25) is 0 Å². The van der Waals surface area contributed by atoms with Crippen LogP contribution in [0, 0.1) is 0 Å². The molecule has 3 unspecified atom stereocenters. The zero-order chi connectivity index (χ0) is 26.2. The Morgan fingerprint density at radius 1 is 0.949 bits per heavy atom. The molecule has 4 aliphatic heterocycles. The number of benzodiazepines with no additional fused rings is 1. The minimum atomic E-state index is -0.979. The Bertz CT molecular complexity index is 1530. The average molecular weight is 522 g/mol. The number of hydrogen-bond acceptors (Lipinski definition) is 9. The first-order chi connectivity index (χ1) is 19.2. The Hall–Kier alpha value is -4.57. The molecule has 4 aromatic rings. The Morgan fingerprint density at radius 3 is 2.72 bits per heavy atom. The number of nitrogens with zero attached hydrogens (tertiary/aromatic N) is 5. The van der Waals surface area contributed by atoms with Crippen molar-refractivity contribution in [1.82, 2.24) is 15.2 Å². The SMILES string of the molecule is O=C1Nc2ccccc2C(c2ccccc2)=NC1Nc1nnc(-c2cccnc2N2CC3CCCC2CO3)o1. The number of carbonyl (C=O) groups is 1. The highest BCUT2D eigenvalue weighted by Gasteiger charge is 2.35. The highest BCUT2D eigenvalue weighted by molar-refractivity contribution is 6.19. The van der Waals surface area contributed by atoms with Gasteiger partial charge in [-0.05, 0) is 37.5 Å². The van der Waals surface area contributed by atoms with Gasteiger partial charge < -0.3 is 24.7 Å². The third-order valence-corrected chi connectivity index (χ3v) is 7.40. The van der Waals surface area contributed by atoms with Gasteiger partial charge in [-0.1, -0.05) is 53.6 Å². The molecule has 0 aliphatic carbocycles. The van der Waals surface area contributed by atoms with Crippen molar-refractivity contribution in [3.8, 4) is 11.5 Å². The first-order valence-corrected chi connectivity index (χ1v) is 13.2. The zero-order valence-electron chi connectivity index (χ0n) is 21.2. The second-order valence-electron chi connectivity index (χ2n) is 9.90. The zero-order valence-corrected chi connectivity index (χ0v) is 21.2. The maximum atomic E-state index is 13.2. The van der Waals surface area contributed by atoms with Crippen LogP contribution < -0.4 is 15.5 Å². The van der Waals surface area contributed by atoms with Gasteiger partial charge in [-0.3, -0.25) is 4.79 Å². The number of morpholine rings is 1. The largest absolute Gasteiger partial charge is 0.403 e. The van der Waals surface area contributed by atoms with E-state index in [2.05, 4.69) is 25.7 Å². The Balaban J connectivity index is 1.20. The normalized spacial score (nSPS) is 22.4. The summed E-state index contributed by atoms with van der Waals surface area (Å²) in [6, 6.07) is 21.5. The van der Waals surface area contributed by atoms with Crippen LogP contribution in [0.4, 0.5) is 17.5 Å². The number of benzene rings is 2. The van der Waals surface area contributed by atoms with Gasteiger partial charge >= 0.3 is 6.01 Å². The average Bonchev–Trinajstić information content (AvgIpc) is 3.12. The molecule has 2 N–H and O–H groups in total. The fourth-order valence-electron chi connectivity index (χ4n) is 5.49. The number of nitrogens with one attached hydrogen (secondary N) is 2. The number of fused-ring (bicyclic) bond motifs is 5. The quantitative estimate of drug-likeness (QED) is 0.403. The van der Waals surface area contributed by atoms with Crippen LogP contribution in [0.25, 0.3) is 11.5 Å². The number of amides is 1. The molecule has 8 rings (SSSR count). The van der Waals surface area contributed by atoms with Gasteiger partial charge in [0, 0.05) is 23.9 Å². The van der Waals surface area contributed by atoms with E-state index in [1.165, 1.54) is 0 Å². The van der Waals surface area contributed by atoms with E-state index < -0.39 is 6.17 Å². The molecule has 10 heteroatoms. The van der Waals surface area contributed by atoms with Crippen molar-refractivity contribution in [2.75, 3.05) is 28.7 Å². The lowest BCUT2D eigenvalue weighted by Crippen LogP contribution is -2.48. The first-order valence-electron chi connectivity index (χ1n) is 13.2. The number of ether oxygens (including phenoxy) is 1. The summed E-state index contributed by atoms with van der Waals surface area (Å²) in [6.07, 6.45) is 4.26. The van der Waals surface area contributed by atoms with Gasteiger partial charge in [0.2, 0.25) is 6.17 Å². The lowest BCUT2D eigenvalue weighted by molar-refractivity contribution is -0.116. The summed E-state index contributed by atoms with van der Waals surface area (Å²) in [6.45, 7) is 1.48. The minimum absolute atomic E-state index is 0.0998. The van der Waals surface area contributed by atoms with Crippen LogP contribution in [0.5, 0.6) is 0 Å². The third kappa shape index (κ3) is 4.52. The number of anilines is 3. The van der Waals surface area contributed by atoms with Crippen LogP contribution in [-0.2, 0) is 9.53 Å². The first kappa shape index (κ1) is 23.5. The fraction of sp³-hybridized carbons (Fsp3) is 0.276. The van der Waals surface area contributed by atoms with E-state index in [-0.39, 0.29) is 24.1 Å². The van der Waals surface area contributed by atoms with E-state index in [9.17, 15) is 4.79 Å². The lowest BCUT2D eigenvalue weighted by Gasteiger charge is -2.38. The van der Waals surface area contributed by atoms with E-state index in [1.807, 2.05) is 66.7 Å². The summed E-state index contributed by atoms with van der Waals surface area (Å²) in [7, 11) is 0. The van der Waals surface area contributed by atoms with Gasteiger partial charge in [0.15, 0.2) is 0 Å². The highest BCUT2D eigenvalue weighted by atomic mass is 16.5. The number of pyridine rings is 1. The van der Waals surface area contributed by atoms with Gasteiger partial charge in [-0.25, -0.2) is 9.98 Å². The van der Waals surface area contributed by atoms with Crippen LogP contribution in [0.1, 0.15) is 30.4 Å². The molecular weight excluding hydrogens is 494 g/mol. The van der Waals surface area contributed by atoms with Gasteiger partial charge in [-0.15, -0.1) is 5.10 Å². The van der Waals surface area contributed by atoms with Crippen molar-refractivity contribution in [3.63, 3.8) is 0 Å². The van der Waals surface area contributed by atoms with E-state index in [0.29, 0.717) is 23.9 Å². The molecule has 3 atom stereocenters. The van der Waals surface area contributed by atoms with Crippen LogP contribution in [0.15, 0.2) is 82.3 Å². The topological polar surface area (TPSA) is 118 Å². The van der Waals surface area contributed by atoms with Crippen LogP contribution in [0.3, 0.4) is 0 Å². The van der Waals surface area contributed by atoms with Gasteiger partial charge in [-0.2, -0.15) is 0 Å². The number of hydrogen-bond donors (Lipinski definition) is 2. The highest BCUT2D eigenvalue weighted by Crippen LogP contribution is 2.35. The van der Waals surface area contributed by atoms with Crippen molar-refractivity contribution in [1.29, 1.82) is 0 Å². The summed E-state index contributed by atoms with van der Waals surface area (Å²) in [5.74, 6) is 0.807. The molecule has 10 nitrogen and oxygen atoms in total. The van der Waals surface area contributed by atoms with Crippen LogP contribution >= 0.6 is 0 Å². The predicted octanol–water partition coefficient (Wildman–Crippen LogP) is 4.12. The summed E-state index contributed by atoms with van der Waals surface area (Å²) in [4.78, 5) is 25.0. The Labute approximate surface area is 225 Å². The molecule has 0 spiro atoms. The Morgan fingerprint density at radius 2 is 1.79 bits per heavy atom. The molecule has 3 fully saturated rings. The molecule has 2 aromatic heterocycles. The lowest BCUT2D eigenvalue weighted by atomic mass is 10.0. The molecular formula is C29H27N7O3. The molecule has 4 aliphatic rings. The molecule has 2 aromatic carbocycles. The maximum Gasteiger partial charge on any atom is 0.317 e. The summed E-state index contributed by atoms with van der Waals surface area (Å²) < 4.78 is 12.0.